The first-order valence-corrected chi connectivity index (χ1v) is 7.61. The topological polar surface area (TPSA) is 67.8 Å². The van der Waals surface area contributed by atoms with E-state index in [-0.39, 0.29) is 0 Å². The predicted octanol–water partition coefficient (Wildman–Crippen LogP) is 1.82. The summed E-state index contributed by atoms with van der Waals surface area (Å²) in [5, 5.41) is 6.66. The second-order valence-electron chi connectivity index (χ2n) is 5.41. The van der Waals surface area contributed by atoms with E-state index < -0.39 is 0 Å². The number of pyridine rings is 1. The van der Waals surface area contributed by atoms with E-state index in [0.29, 0.717) is 37.6 Å². The van der Waals surface area contributed by atoms with Gasteiger partial charge in [-0.2, -0.15) is 0 Å². The Morgan fingerprint density at radius 2 is 2.09 bits per heavy atom. The molecule has 1 aromatic heterocycles. The number of hydrogen-bond acceptors (Lipinski definition) is 4. The fourth-order valence-corrected chi connectivity index (χ4v) is 1.67. The van der Waals surface area contributed by atoms with E-state index in [1.165, 1.54) is 0 Å². The third kappa shape index (κ3) is 6.30. The highest BCUT2D eigenvalue weighted by atomic mass is 16.5. The molecule has 1 unspecified atom stereocenters. The molecule has 1 rings (SSSR count). The van der Waals surface area contributed by atoms with E-state index >= 15 is 0 Å². The van der Waals surface area contributed by atoms with Gasteiger partial charge in [0.05, 0.1) is 6.61 Å². The molecular weight excluding hydrogens is 280 g/mol. The maximum absolute atomic E-state index is 5.63. The second-order valence-corrected chi connectivity index (χ2v) is 5.41. The molecule has 0 aliphatic heterocycles. The molecule has 124 valence electrons. The van der Waals surface area contributed by atoms with Gasteiger partial charge in [-0.1, -0.05) is 19.9 Å². The fraction of sp³-hybridized carbons (Fsp3) is 0.625. The molecule has 1 aromatic rings. The van der Waals surface area contributed by atoms with Crippen LogP contribution in [0.1, 0.15) is 26.3 Å². The van der Waals surface area contributed by atoms with Crippen LogP contribution in [0.5, 0.6) is 5.88 Å². The van der Waals surface area contributed by atoms with Gasteiger partial charge < -0.3 is 20.1 Å². The largest absolute Gasteiger partial charge is 0.475 e. The maximum Gasteiger partial charge on any atom is 0.218 e. The highest BCUT2D eigenvalue weighted by molar-refractivity contribution is 5.79. The molecule has 0 fully saturated rings. The van der Waals surface area contributed by atoms with Crippen LogP contribution in [0.3, 0.4) is 0 Å². The minimum Gasteiger partial charge on any atom is -0.475 e. The van der Waals surface area contributed by atoms with Gasteiger partial charge in [0.15, 0.2) is 5.96 Å². The van der Waals surface area contributed by atoms with Crippen molar-refractivity contribution in [1.82, 2.24) is 15.6 Å². The lowest BCUT2D eigenvalue weighted by Crippen LogP contribution is -2.43. The van der Waals surface area contributed by atoms with Crippen LogP contribution in [0.2, 0.25) is 0 Å². The number of aliphatic imine (C=N–C) groups is 1. The van der Waals surface area contributed by atoms with E-state index in [0.717, 1.165) is 11.5 Å². The summed E-state index contributed by atoms with van der Waals surface area (Å²) in [6, 6.07) is 4.23. The summed E-state index contributed by atoms with van der Waals surface area (Å²) in [5.41, 5.74) is 0.985. The summed E-state index contributed by atoms with van der Waals surface area (Å²) in [6.45, 7) is 8.11. The van der Waals surface area contributed by atoms with Crippen molar-refractivity contribution in [2.45, 2.75) is 33.4 Å². The molecule has 0 amide bonds. The molecule has 6 nitrogen and oxygen atoms in total. The van der Waals surface area contributed by atoms with Crippen LogP contribution in [-0.2, 0) is 11.3 Å². The van der Waals surface area contributed by atoms with E-state index in [1.807, 2.05) is 12.1 Å². The number of ether oxygens (including phenoxy) is 2. The maximum atomic E-state index is 5.63. The first-order chi connectivity index (χ1) is 10.6. The minimum atomic E-state index is 0.345. The zero-order chi connectivity index (χ0) is 16.4. The van der Waals surface area contributed by atoms with Gasteiger partial charge >= 0.3 is 0 Å². The normalized spacial score (nSPS) is 13.1. The predicted molar refractivity (Wildman–Crippen MR) is 89.2 cm³/mol. The monoisotopic (exact) mass is 308 g/mol. The average Bonchev–Trinajstić information content (AvgIpc) is 2.52. The molecule has 22 heavy (non-hydrogen) atoms. The van der Waals surface area contributed by atoms with Crippen LogP contribution in [0, 0.1) is 5.92 Å². The SMILES string of the molecule is CN=C(NCc1cccnc1OCCOC)NC(C)C(C)C. The Morgan fingerprint density at radius 1 is 1.32 bits per heavy atom. The van der Waals surface area contributed by atoms with Crippen LogP contribution in [0.25, 0.3) is 0 Å². The molecule has 0 aliphatic carbocycles. The second kappa shape index (κ2) is 10.00. The smallest absolute Gasteiger partial charge is 0.218 e. The molecule has 1 heterocycles. The molecule has 0 aliphatic rings. The van der Waals surface area contributed by atoms with E-state index in [9.17, 15) is 0 Å². The Bertz CT molecular complexity index is 463. The van der Waals surface area contributed by atoms with E-state index in [2.05, 4.69) is 41.4 Å². The number of hydrogen-bond donors (Lipinski definition) is 2. The lowest BCUT2D eigenvalue weighted by atomic mass is 10.1. The molecule has 0 bridgehead atoms. The van der Waals surface area contributed by atoms with Crippen molar-refractivity contribution in [3.8, 4) is 5.88 Å². The standard InChI is InChI=1S/C16H28N4O2/c1-12(2)13(3)20-16(17-4)19-11-14-7-6-8-18-15(14)22-10-9-21-5/h6-8,12-13H,9-11H2,1-5H3,(H2,17,19,20). The van der Waals surface area contributed by atoms with E-state index in [4.69, 9.17) is 9.47 Å². The van der Waals surface area contributed by atoms with Crippen molar-refractivity contribution in [2.24, 2.45) is 10.9 Å². The summed E-state index contributed by atoms with van der Waals surface area (Å²) >= 11 is 0. The molecule has 6 heteroatoms. The van der Waals surface area contributed by atoms with Gasteiger partial charge in [0.25, 0.3) is 0 Å². The van der Waals surface area contributed by atoms with Crippen molar-refractivity contribution in [3.63, 3.8) is 0 Å². The first kappa shape index (κ1) is 18.2. The number of methoxy groups -OCH3 is 1. The van der Waals surface area contributed by atoms with Crippen molar-refractivity contribution in [3.05, 3.63) is 23.9 Å². The molecule has 0 saturated heterocycles. The Hall–Kier alpha value is -1.82. The molecule has 0 spiro atoms. The molecule has 0 saturated carbocycles. The first-order valence-electron chi connectivity index (χ1n) is 7.61. The summed E-state index contributed by atoms with van der Waals surface area (Å²) in [5.74, 6) is 1.93. The summed E-state index contributed by atoms with van der Waals surface area (Å²) in [6.07, 6.45) is 1.72. The molecule has 0 aromatic carbocycles. The zero-order valence-electron chi connectivity index (χ0n) is 14.2. The highest BCUT2D eigenvalue weighted by Gasteiger charge is 2.10. The van der Waals surface area contributed by atoms with Gasteiger partial charge in [-0.05, 0) is 18.9 Å². The highest BCUT2D eigenvalue weighted by Crippen LogP contribution is 2.13. The molecule has 1 atom stereocenters. The van der Waals surface area contributed by atoms with Crippen molar-refractivity contribution in [1.29, 1.82) is 0 Å². The number of nitrogens with one attached hydrogen (secondary N) is 2. The Kier molecular flexibility index (Phi) is 8.28. The molecule has 0 radical (unpaired) electrons. The summed E-state index contributed by atoms with van der Waals surface area (Å²) in [4.78, 5) is 8.51. The number of aromatic nitrogens is 1. The minimum absolute atomic E-state index is 0.345. The summed E-state index contributed by atoms with van der Waals surface area (Å²) in [7, 11) is 3.41. The lowest BCUT2D eigenvalue weighted by Gasteiger charge is -2.21. The van der Waals surface area contributed by atoms with Crippen LogP contribution >= 0.6 is 0 Å². The van der Waals surface area contributed by atoms with Crippen LogP contribution < -0.4 is 15.4 Å². The van der Waals surface area contributed by atoms with Crippen LogP contribution in [0.4, 0.5) is 0 Å². The zero-order valence-corrected chi connectivity index (χ0v) is 14.2. The van der Waals surface area contributed by atoms with Crippen molar-refractivity contribution in [2.75, 3.05) is 27.4 Å². The Morgan fingerprint density at radius 3 is 2.73 bits per heavy atom. The van der Waals surface area contributed by atoms with Crippen molar-refractivity contribution < 1.29 is 9.47 Å². The van der Waals surface area contributed by atoms with Gasteiger partial charge in [0, 0.05) is 38.5 Å². The van der Waals surface area contributed by atoms with Crippen molar-refractivity contribution >= 4 is 5.96 Å². The number of guanidine groups is 1. The third-order valence-corrected chi connectivity index (χ3v) is 3.41. The Labute approximate surface area is 133 Å². The van der Waals surface area contributed by atoms with Crippen LogP contribution in [0.15, 0.2) is 23.3 Å². The van der Waals surface area contributed by atoms with Gasteiger partial charge in [-0.25, -0.2) is 4.98 Å². The van der Waals surface area contributed by atoms with Gasteiger partial charge in [0.1, 0.15) is 6.61 Å². The van der Waals surface area contributed by atoms with E-state index in [1.54, 1.807) is 20.4 Å². The molecule has 2 N–H and O–H groups in total. The van der Waals surface area contributed by atoms with Gasteiger partial charge in [0.2, 0.25) is 5.88 Å². The average molecular weight is 308 g/mol. The summed E-state index contributed by atoms with van der Waals surface area (Å²) < 4.78 is 10.6. The Balaban J connectivity index is 2.59. The quantitative estimate of drug-likeness (QED) is 0.435. The van der Waals surface area contributed by atoms with Crippen LogP contribution in [-0.4, -0.2) is 44.4 Å². The van der Waals surface area contributed by atoms with Gasteiger partial charge in [-0.3, -0.25) is 4.99 Å². The molecular formula is C16H28N4O2. The number of nitrogens with zero attached hydrogens (tertiary/aromatic N) is 2. The third-order valence-electron chi connectivity index (χ3n) is 3.41. The lowest BCUT2D eigenvalue weighted by molar-refractivity contribution is 0.143. The number of rotatable bonds is 8. The fourth-order valence-electron chi connectivity index (χ4n) is 1.67. The van der Waals surface area contributed by atoms with Gasteiger partial charge in [-0.15, -0.1) is 0 Å².